The summed E-state index contributed by atoms with van der Waals surface area (Å²) in [6.45, 7) is 7.34. The van der Waals surface area contributed by atoms with Gasteiger partial charge >= 0.3 is 6.09 Å². The Morgan fingerprint density at radius 3 is 2.82 bits per heavy atom. The maximum atomic E-state index is 12.0. The van der Waals surface area contributed by atoms with Crippen molar-refractivity contribution < 1.29 is 9.53 Å². The minimum absolute atomic E-state index is 0.242. The summed E-state index contributed by atoms with van der Waals surface area (Å²) in [6.07, 6.45) is 3.30. The van der Waals surface area contributed by atoms with Crippen LogP contribution in [0, 0.1) is 0 Å². The van der Waals surface area contributed by atoms with E-state index in [4.69, 9.17) is 10.3 Å². The predicted octanol–water partition coefficient (Wildman–Crippen LogP) is 4.07. The number of likely N-dealkylation sites (tertiary alicyclic amines) is 1. The normalized spacial score (nSPS) is 16.2. The number of piperidine rings is 1. The Morgan fingerprint density at radius 1 is 1.55 bits per heavy atom. The minimum atomic E-state index is -0.459. The van der Waals surface area contributed by atoms with Gasteiger partial charge in [-0.1, -0.05) is 5.11 Å². The highest BCUT2D eigenvalue weighted by Gasteiger charge is 2.28. The molecule has 0 radical (unpaired) electrons. The summed E-state index contributed by atoms with van der Waals surface area (Å²) < 4.78 is 5.39. The molecule has 0 aromatic carbocycles. The van der Waals surface area contributed by atoms with E-state index in [2.05, 4.69) is 15.0 Å². The van der Waals surface area contributed by atoms with Gasteiger partial charge in [0.1, 0.15) is 5.60 Å². The molecule has 22 heavy (non-hydrogen) atoms. The summed E-state index contributed by atoms with van der Waals surface area (Å²) in [7, 11) is 0. The predicted molar refractivity (Wildman–Crippen MR) is 84.7 cm³/mol. The lowest BCUT2D eigenvalue weighted by Crippen LogP contribution is -2.41. The number of amides is 1. The highest BCUT2D eigenvalue weighted by Crippen LogP contribution is 2.31. The van der Waals surface area contributed by atoms with Gasteiger partial charge in [0.05, 0.1) is 11.6 Å². The number of aromatic nitrogens is 1. The van der Waals surface area contributed by atoms with E-state index in [0.29, 0.717) is 25.6 Å². The summed E-state index contributed by atoms with van der Waals surface area (Å²) in [5.74, 6) is 0.364. The topological polar surface area (TPSA) is 91.2 Å². The third kappa shape index (κ3) is 4.61. The van der Waals surface area contributed by atoms with Gasteiger partial charge in [0.25, 0.3) is 0 Å². The van der Waals surface area contributed by atoms with Gasteiger partial charge in [0, 0.05) is 35.0 Å². The molecule has 1 saturated heterocycles. The Hall–Kier alpha value is -1.79. The van der Waals surface area contributed by atoms with Crippen molar-refractivity contribution in [1.29, 1.82) is 0 Å². The molecule has 0 spiro atoms. The van der Waals surface area contributed by atoms with Crippen LogP contribution in [0.3, 0.4) is 0 Å². The molecule has 1 amide bonds. The summed E-state index contributed by atoms with van der Waals surface area (Å²) in [4.78, 5) is 21.9. The number of hydrogen-bond donors (Lipinski definition) is 0. The van der Waals surface area contributed by atoms with Gasteiger partial charge in [0.2, 0.25) is 0 Å². The van der Waals surface area contributed by atoms with Crippen LogP contribution in [-0.2, 0) is 11.3 Å². The summed E-state index contributed by atoms with van der Waals surface area (Å²) in [5, 5.41) is 4.61. The first kappa shape index (κ1) is 16.6. The van der Waals surface area contributed by atoms with Crippen LogP contribution in [0.2, 0.25) is 0 Å². The van der Waals surface area contributed by atoms with E-state index in [1.54, 1.807) is 22.4 Å². The number of carbonyl (C=O) groups excluding carboxylic acids is 1. The molecule has 0 bridgehead atoms. The number of hydrogen-bond acceptors (Lipinski definition) is 5. The van der Waals surface area contributed by atoms with Crippen LogP contribution in [0.15, 0.2) is 11.3 Å². The first-order valence-corrected chi connectivity index (χ1v) is 8.14. The highest BCUT2D eigenvalue weighted by molar-refractivity contribution is 7.11. The molecular weight excluding hydrogens is 302 g/mol. The molecule has 2 heterocycles. The molecule has 1 aliphatic heterocycles. The van der Waals surface area contributed by atoms with E-state index in [9.17, 15) is 4.79 Å². The number of carbonyl (C=O) groups is 1. The van der Waals surface area contributed by atoms with Gasteiger partial charge in [-0.3, -0.25) is 0 Å². The molecule has 1 fully saturated rings. The van der Waals surface area contributed by atoms with E-state index in [1.807, 2.05) is 20.8 Å². The first-order chi connectivity index (χ1) is 10.4. The van der Waals surface area contributed by atoms with Gasteiger partial charge < -0.3 is 9.64 Å². The van der Waals surface area contributed by atoms with Crippen LogP contribution in [-0.4, -0.2) is 34.7 Å². The average Bonchev–Trinajstić information content (AvgIpc) is 2.92. The molecule has 8 heteroatoms. The zero-order valence-electron chi connectivity index (χ0n) is 13.2. The van der Waals surface area contributed by atoms with Crippen molar-refractivity contribution >= 4 is 17.4 Å². The maximum Gasteiger partial charge on any atom is 0.410 e. The van der Waals surface area contributed by atoms with Crippen molar-refractivity contribution in [3.05, 3.63) is 26.5 Å². The lowest BCUT2D eigenvalue weighted by molar-refractivity contribution is 0.0205. The average molecular weight is 323 g/mol. The van der Waals surface area contributed by atoms with E-state index in [1.165, 1.54) is 0 Å². The van der Waals surface area contributed by atoms with Gasteiger partial charge in [-0.15, -0.1) is 11.3 Å². The monoisotopic (exact) mass is 323 g/mol. The van der Waals surface area contributed by atoms with Gasteiger partial charge in [0.15, 0.2) is 0 Å². The standard InChI is InChI=1S/C14H21N5O2S/c1-14(2,3)21-13(20)19-6-4-10(5-7-19)12-16-8-11(22-12)9-17-18-15/h8,10H,4-7,9H2,1-3H3. The van der Waals surface area contributed by atoms with Crippen molar-refractivity contribution in [2.24, 2.45) is 5.11 Å². The van der Waals surface area contributed by atoms with Crippen LogP contribution in [0.4, 0.5) is 4.79 Å². The number of nitrogens with zero attached hydrogens (tertiary/aromatic N) is 5. The number of thiazole rings is 1. The molecule has 1 aromatic rings. The largest absolute Gasteiger partial charge is 0.444 e. The Kier molecular flexibility index (Phi) is 5.26. The van der Waals surface area contributed by atoms with Crippen LogP contribution in [0.25, 0.3) is 10.4 Å². The number of ether oxygens (including phenoxy) is 1. The second-order valence-corrected chi connectivity index (χ2v) is 7.44. The molecule has 0 aliphatic carbocycles. The van der Waals surface area contributed by atoms with Crippen LogP contribution >= 0.6 is 11.3 Å². The van der Waals surface area contributed by atoms with Crippen LogP contribution < -0.4 is 0 Å². The zero-order valence-corrected chi connectivity index (χ0v) is 14.0. The van der Waals surface area contributed by atoms with Gasteiger partial charge in [-0.05, 0) is 39.1 Å². The first-order valence-electron chi connectivity index (χ1n) is 7.32. The third-order valence-corrected chi connectivity index (χ3v) is 4.50. The van der Waals surface area contributed by atoms with E-state index in [0.717, 1.165) is 22.7 Å². The Labute approximate surface area is 133 Å². The third-order valence-electron chi connectivity index (χ3n) is 3.36. The highest BCUT2D eigenvalue weighted by atomic mass is 32.1. The van der Waals surface area contributed by atoms with Crippen molar-refractivity contribution in [3.8, 4) is 0 Å². The maximum absolute atomic E-state index is 12.0. The molecule has 0 atom stereocenters. The lowest BCUT2D eigenvalue weighted by Gasteiger charge is -2.32. The summed E-state index contributed by atoms with van der Waals surface area (Å²) >= 11 is 1.59. The van der Waals surface area contributed by atoms with Crippen molar-refractivity contribution in [1.82, 2.24) is 9.88 Å². The molecule has 1 aromatic heterocycles. The second-order valence-electron chi connectivity index (χ2n) is 6.30. The van der Waals surface area contributed by atoms with Gasteiger partial charge in [-0.25, -0.2) is 9.78 Å². The SMILES string of the molecule is CC(C)(C)OC(=O)N1CCC(c2ncc(CN=[N+]=[N-])s2)CC1. The fraction of sp³-hybridized carbons (Fsp3) is 0.714. The Bertz CT molecular complexity index is 566. The summed E-state index contributed by atoms with van der Waals surface area (Å²) in [6, 6.07) is 0. The van der Waals surface area contributed by atoms with Crippen LogP contribution in [0.1, 0.15) is 49.4 Å². The van der Waals surface area contributed by atoms with Gasteiger partial charge in [-0.2, -0.15) is 0 Å². The molecular formula is C14H21N5O2S. The molecule has 0 saturated carbocycles. The molecule has 2 rings (SSSR count). The van der Waals surface area contributed by atoms with Crippen LogP contribution in [0.5, 0.6) is 0 Å². The Morgan fingerprint density at radius 2 is 2.23 bits per heavy atom. The van der Waals surface area contributed by atoms with Crippen molar-refractivity contribution in [2.45, 2.75) is 51.7 Å². The number of rotatable bonds is 3. The Balaban J connectivity index is 1.88. The molecule has 7 nitrogen and oxygen atoms in total. The zero-order chi connectivity index (χ0) is 16.2. The molecule has 0 unspecified atom stereocenters. The quantitative estimate of drug-likeness (QED) is 0.477. The fourth-order valence-corrected chi connectivity index (χ4v) is 3.33. The van der Waals surface area contributed by atoms with E-state index < -0.39 is 5.60 Å². The fourth-order valence-electron chi connectivity index (χ4n) is 2.32. The molecule has 1 aliphatic rings. The summed E-state index contributed by atoms with van der Waals surface area (Å²) in [5.41, 5.74) is 7.88. The molecule has 120 valence electrons. The van der Waals surface area contributed by atoms with E-state index >= 15 is 0 Å². The minimum Gasteiger partial charge on any atom is -0.444 e. The van der Waals surface area contributed by atoms with Crippen molar-refractivity contribution in [2.75, 3.05) is 13.1 Å². The van der Waals surface area contributed by atoms with E-state index in [-0.39, 0.29) is 6.09 Å². The lowest BCUT2D eigenvalue weighted by atomic mass is 9.98. The number of azide groups is 1. The van der Waals surface area contributed by atoms with Crippen molar-refractivity contribution in [3.63, 3.8) is 0 Å². The molecule has 0 N–H and O–H groups in total. The second kappa shape index (κ2) is 6.98. The smallest absolute Gasteiger partial charge is 0.410 e.